The molecule has 0 radical (unpaired) electrons. The van der Waals surface area contributed by atoms with Crippen molar-refractivity contribution in [3.05, 3.63) is 52.5 Å². The highest BCUT2D eigenvalue weighted by atomic mass is 32.1. The Balaban J connectivity index is 1.50. The molecule has 30 heavy (non-hydrogen) atoms. The van der Waals surface area contributed by atoms with Crippen LogP contribution in [0.1, 0.15) is 16.0 Å². The van der Waals surface area contributed by atoms with Crippen molar-refractivity contribution in [3.63, 3.8) is 0 Å². The van der Waals surface area contributed by atoms with Crippen LogP contribution in [0.4, 0.5) is 15.9 Å². The van der Waals surface area contributed by atoms with E-state index in [0.717, 1.165) is 45.9 Å². The van der Waals surface area contributed by atoms with Gasteiger partial charge in [0.1, 0.15) is 28.9 Å². The highest BCUT2D eigenvalue weighted by molar-refractivity contribution is 7.18. The van der Waals surface area contributed by atoms with E-state index >= 15 is 0 Å². The number of anilines is 2. The van der Waals surface area contributed by atoms with Gasteiger partial charge < -0.3 is 9.80 Å². The van der Waals surface area contributed by atoms with Crippen LogP contribution in [-0.4, -0.2) is 41.1 Å². The summed E-state index contributed by atoms with van der Waals surface area (Å²) in [5.74, 6) is 0.638. The summed E-state index contributed by atoms with van der Waals surface area (Å²) >= 11 is 1.67. The van der Waals surface area contributed by atoms with Crippen molar-refractivity contribution in [1.29, 1.82) is 5.26 Å². The van der Waals surface area contributed by atoms with Crippen molar-refractivity contribution in [2.75, 3.05) is 36.0 Å². The first kappa shape index (κ1) is 18.7. The fourth-order valence-corrected chi connectivity index (χ4v) is 5.04. The van der Waals surface area contributed by atoms with Gasteiger partial charge in [-0.05, 0) is 37.6 Å². The van der Waals surface area contributed by atoms with Crippen LogP contribution in [0.5, 0.6) is 0 Å². The molecule has 0 saturated carbocycles. The average Bonchev–Trinajstić information content (AvgIpc) is 3.13. The standard InChI is InChI=1S/C22H19FN6S/c1-13-7-16(23)9-17-19(13)25-11-15(10-24)20(17)28-3-5-29(6-4-28)21-18-8-14(2)30-22(18)27-12-26-21/h7-9,11-12H,3-6H2,1-2H3. The second kappa shape index (κ2) is 7.18. The summed E-state index contributed by atoms with van der Waals surface area (Å²) < 4.78 is 14.2. The number of fused-ring (bicyclic) bond motifs is 2. The van der Waals surface area contributed by atoms with Crippen molar-refractivity contribution >= 4 is 44.0 Å². The minimum absolute atomic E-state index is 0.312. The van der Waals surface area contributed by atoms with Gasteiger partial charge in [-0.3, -0.25) is 4.98 Å². The minimum Gasteiger partial charge on any atom is -0.366 e. The van der Waals surface area contributed by atoms with E-state index in [0.29, 0.717) is 24.0 Å². The molecule has 150 valence electrons. The highest BCUT2D eigenvalue weighted by Crippen LogP contribution is 2.34. The van der Waals surface area contributed by atoms with E-state index in [1.165, 1.54) is 17.0 Å². The lowest BCUT2D eigenvalue weighted by Crippen LogP contribution is -2.47. The number of piperazine rings is 1. The number of rotatable bonds is 2. The van der Waals surface area contributed by atoms with Gasteiger partial charge in [-0.2, -0.15) is 5.26 Å². The normalized spacial score (nSPS) is 14.5. The molecule has 1 fully saturated rings. The van der Waals surface area contributed by atoms with Crippen LogP contribution in [0.15, 0.2) is 30.7 Å². The predicted octanol–water partition coefficient (Wildman–Crippen LogP) is 4.19. The van der Waals surface area contributed by atoms with Crippen molar-refractivity contribution in [2.24, 2.45) is 0 Å². The maximum absolute atomic E-state index is 14.2. The minimum atomic E-state index is -0.312. The highest BCUT2D eigenvalue weighted by Gasteiger charge is 2.24. The molecule has 0 spiro atoms. The number of halogens is 1. The molecule has 1 saturated heterocycles. The molecule has 1 aliphatic rings. The Bertz CT molecular complexity index is 1320. The number of hydrogen-bond acceptors (Lipinski definition) is 7. The molecule has 4 aromatic rings. The van der Waals surface area contributed by atoms with Crippen LogP contribution in [0.3, 0.4) is 0 Å². The van der Waals surface area contributed by atoms with Crippen LogP contribution in [0, 0.1) is 31.0 Å². The smallest absolute Gasteiger partial charge is 0.140 e. The Hall–Kier alpha value is -3.31. The SMILES string of the molecule is Cc1cc2c(N3CCN(c4c(C#N)cnc5c(C)cc(F)cc45)CC3)ncnc2s1. The van der Waals surface area contributed by atoms with Crippen LogP contribution in [0.2, 0.25) is 0 Å². The molecule has 6 nitrogen and oxygen atoms in total. The van der Waals surface area contributed by atoms with E-state index in [1.807, 2.05) is 6.92 Å². The summed E-state index contributed by atoms with van der Waals surface area (Å²) in [4.78, 5) is 20.0. The molecule has 0 bridgehead atoms. The molecule has 0 atom stereocenters. The molecule has 5 rings (SSSR count). The van der Waals surface area contributed by atoms with Crippen molar-refractivity contribution in [2.45, 2.75) is 13.8 Å². The zero-order chi connectivity index (χ0) is 20.8. The van der Waals surface area contributed by atoms with E-state index < -0.39 is 0 Å². The van der Waals surface area contributed by atoms with E-state index in [4.69, 9.17) is 0 Å². The molecule has 0 amide bonds. The monoisotopic (exact) mass is 418 g/mol. The summed E-state index contributed by atoms with van der Waals surface area (Å²) in [7, 11) is 0. The largest absolute Gasteiger partial charge is 0.366 e. The van der Waals surface area contributed by atoms with Gasteiger partial charge in [0.2, 0.25) is 0 Å². The van der Waals surface area contributed by atoms with E-state index in [1.54, 1.807) is 23.9 Å². The molecule has 8 heteroatoms. The summed E-state index contributed by atoms with van der Waals surface area (Å²) in [5, 5.41) is 11.4. The average molecular weight is 419 g/mol. The predicted molar refractivity (Wildman–Crippen MR) is 118 cm³/mol. The number of nitrogens with zero attached hydrogens (tertiary/aromatic N) is 6. The first-order valence-corrected chi connectivity index (χ1v) is 10.6. The number of benzene rings is 1. The van der Waals surface area contributed by atoms with Gasteiger partial charge in [0.05, 0.1) is 22.2 Å². The zero-order valence-electron chi connectivity index (χ0n) is 16.7. The van der Waals surface area contributed by atoms with E-state index in [9.17, 15) is 9.65 Å². The van der Waals surface area contributed by atoms with E-state index in [-0.39, 0.29) is 5.82 Å². The number of nitriles is 1. The molecular weight excluding hydrogens is 399 g/mol. The third kappa shape index (κ3) is 3.02. The Morgan fingerprint density at radius 1 is 1.00 bits per heavy atom. The van der Waals surface area contributed by atoms with Crippen LogP contribution >= 0.6 is 11.3 Å². The van der Waals surface area contributed by atoms with Gasteiger partial charge in [0, 0.05) is 42.6 Å². The number of thiophene rings is 1. The lowest BCUT2D eigenvalue weighted by molar-refractivity contribution is 0.628. The molecule has 0 N–H and O–H groups in total. The fraction of sp³-hybridized carbons (Fsp3) is 0.273. The summed E-state index contributed by atoms with van der Waals surface area (Å²) in [6.45, 7) is 6.84. The Labute approximate surface area is 177 Å². The van der Waals surface area contributed by atoms with Gasteiger partial charge in [0.25, 0.3) is 0 Å². The summed E-state index contributed by atoms with van der Waals surface area (Å²) in [6.07, 6.45) is 3.22. The van der Waals surface area contributed by atoms with Crippen molar-refractivity contribution in [3.8, 4) is 6.07 Å². The van der Waals surface area contributed by atoms with E-state index in [2.05, 4.69) is 43.8 Å². The Kier molecular flexibility index (Phi) is 4.48. The number of aryl methyl sites for hydroxylation is 2. The second-order valence-electron chi connectivity index (χ2n) is 7.50. The van der Waals surface area contributed by atoms with Gasteiger partial charge in [-0.15, -0.1) is 11.3 Å². The van der Waals surface area contributed by atoms with Crippen LogP contribution in [0.25, 0.3) is 21.1 Å². The maximum atomic E-state index is 14.2. The third-order valence-corrected chi connectivity index (χ3v) is 6.50. The molecule has 0 aliphatic carbocycles. The van der Waals surface area contributed by atoms with Crippen molar-refractivity contribution < 1.29 is 4.39 Å². The molecule has 4 heterocycles. The third-order valence-electron chi connectivity index (χ3n) is 5.55. The summed E-state index contributed by atoms with van der Waals surface area (Å²) in [5.41, 5.74) is 2.74. The molecule has 3 aromatic heterocycles. The second-order valence-corrected chi connectivity index (χ2v) is 8.73. The molecule has 1 aliphatic heterocycles. The lowest BCUT2D eigenvalue weighted by Gasteiger charge is -2.37. The van der Waals surface area contributed by atoms with Crippen LogP contribution in [-0.2, 0) is 0 Å². The van der Waals surface area contributed by atoms with Gasteiger partial charge in [-0.25, -0.2) is 14.4 Å². The summed E-state index contributed by atoms with van der Waals surface area (Å²) in [6, 6.07) is 7.34. The number of hydrogen-bond donors (Lipinski definition) is 0. The Morgan fingerprint density at radius 2 is 1.77 bits per heavy atom. The number of pyridine rings is 1. The maximum Gasteiger partial charge on any atom is 0.140 e. The van der Waals surface area contributed by atoms with Gasteiger partial charge in [-0.1, -0.05) is 0 Å². The van der Waals surface area contributed by atoms with Crippen LogP contribution < -0.4 is 9.80 Å². The van der Waals surface area contributed by atoms with Gasteiger partial charge in [0.15, 0.2) is 0 Å². The first-order chi connectivity index (χ1) is 14.5. The quantitative estimate of drug-likeness (QED) is 0.486. The molecule has 0 unspecified atom stereocenters. The first-order valence-electron chi connectivity index (χ1n) is 9.75. The molecular formula is C22H19FN6S. The lowest BCUT2D eigenvalue weighted by atomic mass is 10.0. The fourth-order valence-electron chi connectivity index (χ4n) is 4.20. The zero-order valence-corrected chi connectivity index (χ0v) is 17.5. The Morgan fingerprint density at radius 3 is 2.53 bits per heavy atom. The topological polar surface area (TPSA) is 68.9 Å². The molecule has 1 aromatic carbocycles. The number of aromatic nitrogens is 3. The van der Waals surface area contributed by atoms with Gasteiger partial charge >= 0.3 is 0 Å². The van der Waals surface area contributed by atoms with Crippen molar-refractivity contribution in [1.82, 2.24) is 15.0 Å².